The number of nitrogens with one attached hydrogen (secondary N) is 1. The third-order valence-electron chi connectivity index (χ3n) is 9.39. The van der Waals surface area contributed by atoms with Crippen LogP contribution in [0, 0.1) is 28.6 Å². The highest BCUT2D eigenvalue weighted by Gasteiger charge is 2.57. The molecule has 4 aliphatic carbocycles. The molecule has 32 heavy (non-hydrogen) atoms. The van der Waals surface area contributed by atoms with Crippen LogP contribution in [0.25, 0.3) is 5.70 Å². The summed E-state index contributed by atoms with van der Waals surface area (Å²) in [5.74, 6) is 2.21. The van der Waals surface area contributed by atoms with Crippen LogP contribution in [0.4, 0.5) is 0 Å². The zero-order valence-corrected chi connectivity index (χ0v) is 19.8. The maximum absolute atomic E-state index is 12.5. The minimum absolute atomic E-state index is 0.0135. The molecule has 2 fully saturated rings. The molecule has 1 amide bonds. The third kappa shape index (κ3) is 2.98. The van der Waals surface area contributed by atoms with Gasteiger partial charge in [0, 0.05) is 41.1 Å². The Labute approximate surface area is 194 Å². The van der Waals surface area contributed by atoms with E-state index in [-0.39, 0.29) is 22.8 Å². The van der Waals surface area contributed by atoms with Crippen LogP contribution in [0.5, 0.6) is 0 Å². The first kappa shape index (κ1) is 20.4. The molecule has 4 unspecified atom stereocenters. The summed E-state index contributed by atoms with van der Waals surface area (Å²) in [6.45, 7) is 5.02. The minimum Gasteiger partial charge on any atom is -0.347 e. The normalized spacial score (nSPS) is 38.2. The second-order valence-corrected chi connectivity index (χ2v) is 11.7. The number of thiazole rings is 1. The Morgan fingerprint density at radius 3 is 2.78 bits per heavy atom. The van der Waals surface area contributed by atoms with E-state index >= 15 is 0 Å². The van der Waals surface area contributed by atoms with E-state index < -0.39 is 0 Å². The molecule has 5 nitrogen and oxygen atoms in total. The van der Waals surface area contributed by atoms with Crippen molar-refractivity contribution in [2.45, 2.75) is 64.8 Å². The van der Waals surface area contributed by atoms with E-state index in [2.05, 4.69) is 52.0 Å². The maximum atomic E-state index is 12.5. The molecular formula is C26H32N4OS. The fraction of sp³-hybridized carbons (Fsp3) is 0.577. The van der Waals surface area contributed by atoms with E-state index in [1.165, 1.54) is 49.1 Å². The molecule has 0 aromatic carbocycles. The van der Waals surface area contributed by atoms with E-state index in [0.717, 1.165) is 30.6 Å². The number of nitrogens with zero attached hydrogens (tertiary/aromatic N) is 3. The lowest BCUT2D eigenvalue weighted by Gasteiger charge is -2.58. The molecule has 0 aliphatic heterocycles. The fourth-order valence-corrected chi connectivity index (χ4v) is 8.25. The van der Waals surface area contributed by atoms with Gasteiger partial charge in [-0.05, 0) is 68.1 Å². The number of hydrogen-bond acceptors (Lipinski definition) is 4. The zero-order valence-electron chi connectivity index (χ0n) is 19.0. The van der Waals surface area contributed by atoms with Crippen LogP contribution in [0.3, 0.4) is 0 Å². The molecule has 2 aromatic heterocycles. The molecule has 0 saturated heterocycles. The summed E-state index contributed by atoms with van der Waals surface area (Å²) in [6.07, 6.45) is 20.9. The van der Waals surface area contributed by atoms with Gasteiger partial charge in [-0.15, -0.1) is 11.3 Å². The van der Waals surface area contributed by atoms with Crippen LogP contribution in [0.15, 0.2) is 48.0 Å². The molecule has 6 atom stereocenters. The van der Waals surface area contributed by atoms with Crippen LogP contribution in [0.1, 0.15) is 68.6 Å². The van der Waals surface area contributed by atoms with Crippen molar-refractivity contribution in [1.82, 2.24) is 19.9 Å². The standard InChI is InChI=1S/C26H32N4OS/c1-25-9-7-18(29-23(31)24-28-12-14-32-24)15-17(25)3-4-19-20-5-6-22(30-13-11-27-16-30)26(20,2)10-8-21(19)25/h3,6,11-14,16,18-21H,4-5,7-10,15H2,1-2H3,(H,29,31)/t18?,19?,20?,21?,25-,26-/m0/s1. The van der Waals surface area contributed by atoms with Gasteiger partial charge >= 0.3 is 0 Å². The second-order valence-electron chi connectivity index (χ2n) is 10.8. The molecule has 4 aliphatic rings. The first-order valence-corrected chi connectivity index (χ1v) is 13.0. The zero-order chi connectivity index (χ0) is 21.9. The Morgan fingerprint density at radius 1 is 1.12 bits per heavy atom. The lowest BCUT2D eigenvalue weighted by Crippen LogP contribution is -2.51. The summed E-state index contributed by atoms with van der Waals surface area (Å²) in [7, 11) is 0. The maximum Gasteiger partial charge on any atom is 0.280 e. The van der Waals surface area contributed by atoms with Crippen molar-refractivity contribution >= 4 is 22.9 Å². The summed E-state index contributed by atoms with van der Waals surface area (Å²) in [5.41, 5.74) is 3.60. The van der Waals surface area contributed by atoms with Gasteiger partial charge in [0.25, 0.3) is 5.91 Å². The monoisotopic (exact) mass is 448 g/mol. The molecule has 0 spiro atoms. The van der Waals surface area contributed by atoms with E-state index in [1.807, 2.05) is 17.9 Å². The molecule has 168 valence electrons. The number of fused-ring (bicyclic) bond motifs is 5. The SMILES string of the molecule is C[C@]12CCC(NC(=O)c3nccs3)CC1=CCC1C2CC[C@]2(C)C(n3ccnc3)=CCC12. The molecule has 0 radical (unpaired) electrons. The van der Waals surface area contributed by atoms with Gasteiger partial charge < -0.3 is 9.88 Å². The van der Waals surface area contributed by atoms with Crippen molar-refractivity contribution in [3.63, 3.8) is 0 Å². The summed E-state index contributed by atoms with van der Waals surface area (Å²) in [4.78, 5) is 21.0. The first-order chi connectivity index (χ1) is 15.5. The Kier molecular flexibility index (Phi) is 4.72. The van der Waals surface area contributed by atoms with E-state index in [1.54, 1.807) is 11.8 Å². The molecule has 6 heteroatoms. The van der Waals surface area contributed by atoms with Gasteiger partial charge in [0.1, 0.15) is 0 Å². The van der Waals surface area contributed by atoms with Crippen LogP contribution in [0.2, 0.25) is 0 Å². The van der Waals surface area contributed by atoms with Gasteiger partial charge in [-0.2, -0.15) is 0 Å². The van der Waals surface area contributed by atoms with Gasteiger partial charge in [0.15, 0.2) is 5.01 Å². The minimum atomic E-state index is -0.0135. The number of rotatable bonds is 3. The number of allylic oxidation sites excluding steroid dienone is 3. The molecule has 6 rings (SSSR count). The van der Waals surface area contributed by atoms with Crippen LogP contribution in [-0.4, -0.2) is 26.5 Å². The Balaban J connectivity index is 1.21. The lowest BCUT2D eigenvalue weighted by molar-refractivity contribution is -0.0137. The predicted octanol–water partition coefficient (Wildman–Crippen LogP) is 5.55. The van der Waals surface area contributed by atoms with Crippen molar-refractivity contribution in [2.75, 3.05) is 0 Å². The molecule has 0 bridgehead atoms. The summed E-state index contributed by atoms with van der Waals surface area (Å²) < 4.78 is 2.25. The van der Waals surface area contributed by atoms with Gasteiger partial charge in [0.2, 0.25) is 0 Å². The smallest absolute Gasteiger partial charge is 0.280 e. The number of imidazole rings is 1. The average Bonchev–Trinajstić information content (AvgIpc) is 3.54. The Bertz CT molecular complexity index is 1070. The second kappa shape index (κ2) is 7.41. The van der Waals surface area contributed by atoms with Crippen molar-refractivity contribution < 1.29 is 4.79 Å². The van der Waals surface area contributed by atoms with Crippen molar-refractivity contribution in [3.8, 4) is 0 Å². The quantitative estimate of drug-likeness (QED) is 0.626. The van der Waals surface area contributed by atoms with Crippen LogP contribution >= 0.6 is 11.3 Å². The predicted molar refractivity (Wildman–Crippen MR) is 127 cm³/mol. The average molecular weight is 449 g/mol. The summed E-state index contributed by atoms with van der Waals surface area (Å²) in [6, 6.07) is 0.233. The molecular weight excluding hydrogens is 416 g/mol. The number of carbonyl (C=O) groups is 1. The number of carbonyl (C=O) groups excluding carboxylic acids is 1. The first-order valence-electron chi connectivity index (χ1n) is 12.1. The van der Waals surface area contributed by atoms with Gasteiger partial charge in [-0.25, -0.2) is 9.97 Å². The van der Waals surface area contributed by atoms with Gasteiger partial charge in [-0.1, -0.05) is 31.6 Å². The lowest BCUT2D eigenvalue weighted by atomic mass is 9.47. The molecule has 2 heterocycles. The largest absolute Gasteiger partial charge is 0.347 e. The van der Waals surface area contributed by atoms with Crippen molar-refractivity contribution in [1.29, 1.82) is 0 Å². The number of amides is 1. The van der Waals surface area contributed by atoms with Crippen molar-refractivity contribution in [3.05, 3.63) is 53.0 Å². The third-order valence-corrected chi connectivity index (χ3v) is 10.2. The van der Waals surface area contributed by atoms with Gasteiger partial charge in [-0.3, -0.25) is 4.79 Å². The highest BCUT2D eigenvalue weighted by molar-refractivity contribution is 7.11. The topological polar surface area (TPSA) is 59.8 Å². The molecule has 2 saturated carbocycles. The van der Waals surface area contributed by atoms with E-state index in [0.29, 0.717) is 5.01 Å². The number of hydrogen-bond donors (Lipinski definition) is 1. The van der Waals surface area contributed by atoms with Gasteiger partial charge in [0.05, 0.1) is 6.33 Å². The van der Waals surface area contributed by atoms with E-state index in [4.69, 9.17) is 0 Å². The van der Waals surface area contributed by atoms with Crippen LogP contribution < -0.4 is 5.32 Å². The fourth-order valence-electron chi connectivity index (χ4n) is 7.71. The van der Waals surface area contributed by atoms with E-state index in [9.17, 15) is 4.79 Å². The summed E-state index contributed by atoms with van der Waals surface area (Å²) >= 11 is 1.42. The molecule has 1 N–H and O–H groups in total. The highest BCUT2D eigenvalue weighted by Crippen LogP contribution is 2.65. The highest BCUT2D eigenvalue weighted by atomic mass is 32.1. The number of aromatic nitrogens is 3. The Morgan fingerprint density at radius 2 is 2.00 bits per heavy atom. The van der Waals surface area contributed by atoms with Crippen molar-refractivity contribution in [2.24, 2.45) is 28.6 Å². The summed E-state index contributed by atoms with van der Waals surface area (Å²) in [5, 5.41) is 5.70. The Hall–Kier alpha value is -2.21. The van der Waals surface area contributed by atoms with Crippen LogP contribution in [-0.2, 0) is 0 Å². The molecule has 2 aromatic rings.